The van der Waals surface area contributed by atoms with Crippen molar-refractivity contribution in [3.63, 3.8) is 0 Å². The van der Waals surface area contributed by atoms with Crippen molar-refractivity contribution in [1.82, 2.24) is 30.1 Å². The molecule has 4 aromatic heterocycles. The van der Waals surface area contributed by atoms with Crippen molar-refractivity contribution in [1.29, 1.82) is 0 Å². The number of anilines is 3. The zero-order chi connectivity index (χ0) is 20.5. The van der Waals surface area contributed by atoms with Gasteiger partial charge < -0.3 is 14.7 Å². The summed E-state index contributed by atoms with van der Waals surface area (Å²) >= 11 is 1.59. The molecule has 0 spiro atoms. The lowest BCUT2D eigenvalue weighted by atomic mass is 10.1. The molecule has 9 nitrogen and oxygen atoms in total. The molecule has 30 heavy (non-hydrogen) atoms. The van der Waals surface area contributed by atoms with E-state index in [-0.39, 0.29) is 6.04 Å². The first kappa shape index (κ1) is 18.6. The van der Waals surface area contributed by atoms with Crippen molar-refractivity contribution in [2.45, 2.75) is 32.7 Å². The van der Waals surface area contributed by atoms with Gasteiger partial charge in [0.05, 0.1) is 6.04 Å². The molecule has 5 heterocycles. The SMILES string of the molecule is Cc1cc(Nc2ncc(C)s2)nc(N2CCCC2c2cc(-c3ncccn3)no2)n1. The first-order chi connectivity index (χ1) is 14.7. The third kappa shape index (κ3) is 3.73. The molecule has 0 aromatic carbocycles. The van der Waals surface area contributed by atoms with Crippen molar-refractivity contribution in [2.75, 3.05) is 16.8 Å². The molecule has 1 aliphatic heterocycles. The van der Waals surface area contributed by atoms with Crippen LogP contribution in [0.1, 0.15) is 35.2 Å². The number of rotatable bonds is 5. The second-order valence-electron chi connectivity index (χ2n) is 7.13. The van der Waals surface area contributed by atoms with Crippen LogP contribution in [0.3, 0.4) is 0 Å². The van der Waals surface area contributed by atoms with Gasteiger partial charge in [0.25, 0.3) is 0 Å². The molecule has 1 unspecified atom stereocenters. The molecule has 1 atom stereocenters. The minimum absolute atomic E-state index is 0.0201. The van der Waals surface area contributed by atoms with E-state index < -0.39 is 0 Å². The van der Waals surface area contributed by atoms with E-state index in [1.54, 1.807) is 29.8 Å². The third-order valence-corrected chi connectivity index (χ3v) is 5.69. The molecule has 1 N–H and O–H groups in total. The number of hydrogen-bond acceptors (Lipinski definition) is 10. The predicted molar refractivity (Wildman–Crippen MR) is 114 cm³/mol. The number of nitrogens with zero attached hydrogens (tertiary/aromatic N) is 7. The van der Waals surface area contributed by atoms with Gasteiger partial charge in [-0.25, -0.2) is 19.9 Å². The van der Waals surface area contributed by atoms with E-state index in [1.807, 2.05) is 32.2 Å². The molecule has 0 saturated carbocycles. The van der Waals surface area contributed by atoms with Gasteiger partial charge in [0.1, 0.15) is 5.82 Å². The van der Waals surface area contributed by atoms with Crippen LogP contribution in [-0.2, 0) is 0 Å². The van der Waals surface area contributed by atoms with Crippen LogP contribution in [0, 0.1) is 13.8 Å². The van der Waals surface area contributed by atoms with Gasteiger partial charge in [0, 0.05) is 47.8 Å². The Hall–Kier alpha value is -3.40. The summed E-state index contributed by atoms with van der Waals surface area (Å²) in [7, 11) is 0. The predicted octanol–water partition coefficient (Wildman–Crippen LogP) is 4.08. The van der Waals surface area contributed by atoms with E-state index in [0.29, 0.717) is 17.5 Å². The zero-order valence-electron chi connectivity index (χ0n) is 16.6. The minimum Gasteiger partial charge on any atom is -0.358 e. The van der Waals surface area contributed by atoms with Crippen molar-refractivity contribution in [3.05, 3.63) is 53.1 Å². The average Bonchev–Trinajstić information content (AvgIpc) is 3.48. The molecular weight excluding hydrogens is 400 g/mol. The Morgan fingerprint density at radius 2 is 2.00 bits per heavy atom. The van der Waals surface area contributed by atoms with E-state index in [9.17, 15) is 0 Å². The number of nitrogens with one attached hydrogen (secondary N) is 1. The van der Waals surface area contributed by atoms with Gasteiger partial charge in [-0.2, -0.15) is 4.98 Å². The third-order valence-electron chi connectivity index (χ3n) is 4.86. The van der Waals surface area contributed by atoms with E-state index in [1.165, 1.54) is 0 Å². The fraction of sp³-hybridized carbons (Fsp3) is 0.300. The van der Waals surface area contributed by atoms with E-state index in [0.717, 1.165) is 46.7 Å². The summed E-state index contributed by atoms with van der Waals surface area (Å²) in [4.78, 5) is 25.6. The lowest BCUT2D eigenvalue weighted by Gasteiger charge is -2.23. The maximum atomic E-state index is 5.66. The molecule has 1 aliphatic rings. The molecule has 0 amide bonds. The van der Waals surface area contributed by atoms with E-state index in [2.05, 4.69) is 35.3 Å². The zero-order valence-corrected chi connectivity index (χ0v) is 17.4. The Kier molecular flexibility index (Phi) is 4.83. The Balaban J connectivity index is 1.42. The summed E-state index contributed by atoms with van der Waals surface area (Å²) in [6.07, 6.45) is 7.19. The van der Waals surface area contributed by atoms with Crippen LogP contribution >= 0.6 is 11.3 Å². The van der Waals surface area contributed by atoms with Crippen LogP contribution in [-0.4, -0.2) is 36.6 Å². The molecule has 0 aliphatic carbocycles. The topological polar surface area (TPSA) is 106 Å². The van der Waals surface area contributed by atoms with Gasteiger partial charge in [-0.05, 0) is 32.8 Å². The van der Waals surface area contributed by atoms with Crippen LogP contribution in [0.25, 0.3) is 11.5 Å². The normalized spacial score (nSPS) is 16.2. The average molecular weight is 421 g/mol. The van der Waals surface area contributed by atoms with E-state index in [4.69, 9.17) is 9.51 Å². The highest BCUT2D eigenvalue weighted by Gasteiger charge is 2.32. The molecule has 1 saturated heterocycles. The second-order valence-corrected chi connectivity index (χ2v) is 8.37. The summed E-state index contributed by atoms with van der Waals surface area (Å²) in [5.41, 5.74) is 1.52. The lowest BCUT2D eigenvalue weighted by molar-refractivity contribution is 0.362. The fourth-order valence-electron chi connectivity index (χ4n) is 3.55. The van der Waals surface area contributed by atoms with Crippen LogP contribution in [0.2, 0.25) is 0 Å². The largest absolute Gasteiger partial charge is 0.358 e. The molecule has 4 aromatic rings. The van der Waals surface area contributed by atoms with Gasteiger partial charge in [0.15, 0.2) is 22.4 Å². The highest BCUT2D eigenvalue weighted by atomic mass is 32.1. The molecule has 152 valence electrons. The monoisotopic (exact) mass is 420 g/mol. The maximum Gasteiger partial charge on any atom is 0.228 e. The molecule has 0 bridgehead atoms. The summed E-state index contributed by atoms with van der Waals surface area (Å²) in [6, 6.07) is 5.62. The standard InChI is InChI=1S/C20H20N8OS/c1-12-9-17(26-20-23-11-13(2)30-20)25-19(24-12)28-8-3-5-15(28)16-10-14(27-29-16)18-21-6-4-7-22-18/h4,6-7,9-11,15H,3,5,8H2,1-2H3,(H,23,24,25,26). The smallest absolute Gasteiger partial charge is 0.228 e. The molecule has 1 fully saturated rings. The first-order valence-electron chi connectivity index (χ1n) is 9.71. The van der Waals surface area contributed by atoms with Crippen LogP contribution in [0.15, 0.2) is 41.3 Å². The van der Waals surface area contributed by atoms with Gasteiger partial charge in [0.2, 0.25) is 5.95 Å². The van der Waals surface area contributed by atoms with Gasteiger partial charge in [-0.15, -0.1) is 11.3 Å². The summed E-state index contributed by atoms with van der Waals surface area (Å²) < 4.78 is 5.66. The second kappa shape index (κ2) is 7.79. The number of aromatic nitrogens is 6. The Bertz CT molecular complexity index is 1160. The summed E-state index contributed by atoms with van der Waals surface area (Å²) in [5.74, 6) is 2.72. The first-order valence-corrected chi connectivity index (χ1v) is 10.5. The van der Waals surface area contributed by atoms with Crippen LogP contribution in [0.4, 0.5) is 16.9 Å². The Labute approximate surface area is 177 Å². The van der Waals surface area contributed by atoms with Gasteiger partial charge >= 0.3 is 0 Å². The quantitative estimate of drug-likeness (QED) is 0.511. The van der Waals surface area contributed by atoms with Crippen molar-refractivity contribution < 1.29 is 4.52 Å². The van der Waals surface area contributed by atoms with Crippen molar-refractivity contribution in [2.24, 2.45) is 0 Å². The van der Waals surface area contributed by atoms with Gasteiger partial charge in [-0.3, -0.25) is 0 Å². The molecular formula is C20H20N8OS. The number of thiazole rings is 1. The summed E-state index contributed by atoms with van der Waals surface area (Å²) in [6.45, 7) is 4.84. The highest BCUT2D eigenvalue weighted by Crippen LogP contribution is 2.36. The van der Waals surface area contributed by atoms with Crippen molar-refractivity contribution in [3.8, 4) is 11.5 Å². The highest BCUT2D eigenvalue weighted by molar-refractivity contribution is 7.15. The van der Waals surface area contributed by atoms with E-state index >= 15 is 0 Å². The molecule has 10 heteroatoms. The van der Waals surface area contributed by atoms with Crippen LogP contribution in [0.5, 0.6) is 0 Å². The maximum absolute atomic E-state index is 5.66. The Morgan fingerprint density at radius 3 is 2.80 bits per heavy atom. The molecule has 5 rings (SSSR count). The minimum atomic E-state index is 0.0201. The fourth-order valence-corrected chi connectivity index (χ4v) is 4.22. The van der Waals surface area contributed by atoms with Crippen molar-refractivity contribution >= 4 is 28.2 Å². The van der Waals surface area contributed by atoms with Gasteiger partial charge in [-0.1, -0.05) is 5.16 Å². The molecule has 0 radical (unpaired) electrons. The number of hydrogen-bond donors (Lipinski definition) is 1. The Morgan fingerprint density at radius 1 is 1.13 bits per heavy atom. The summed E-state index contributed by atoms with van der Waals surface area (Å²) in [5, 5.41) is 8.27. The lowest BCUT2D eigenvalue weighted by Crippen LogP contribution is -2.25. The van der Waals surface area contributed by atoms with Crippen LogP contribution < -0.4 is 10.2 Å². The number of aryl methyl sites for hydroxylation is 2.